The van der Waals surface area contributed by atoms with Crippen molar-refractivity contribution in [3.05, 3.63) is 43.7 Å². The predicted octanol–water partition coefficient (Wildman–Crippen LogP) is 0.721. The summed E-state index contributed by atoms with van der Waals surface area (Å²) in [4.78, 5) is 84.7. The van der Waals surface area contributed by atoms with E-state index in [0.29, 0.717) is 0 Å². The number of amides is 6. The Hall–Kier alpha value is -0.600. The van der Waals surface area contributed by atoms with E-state index >= 15 is 0 Å². The zero-order valence-electron chi connectivity index (χ0n) is 30.2. The minimum atomic E-state index is -0.917. The lowest BCUT2D eigenvalue weighted by molar-refractivity contribution is -0.126. The highest BCUT2D eigenvalue weighted by Crippen LogP contribution is 2.40. The lowest BCUT2D eigenvalue weighted by atomic mass is 10.1. The van der Waals surface area contributed by atoms with Gasteiger partial charge in [-0.15, -0.1) is 0 Å². The Morgan fingerprint density at radius 2 is 0.772 bits per heavy atom. The van der Waals surface area contributed by atoms with Crippen molar-refractivity contribution in [2.45, 2.75) is 32.5 Å². The van der Waals surface area contributed by atoms with Crippen LogP contribution >= 0.6 is 136 Å². The van der Waals surface area contributed by atoms with Crippen LogP contribution in [0.1, 0.15) is 61.7 Å². The van der Waals surface area contributed by atoms with Gasteiger partial charge in [-0.05, 0) is 149 Å². The number of aliphatic hydroxyl groups excluding tert-OH is 6. The molecule has 10 N–H and O–H groups in total. The van der Waals surface area contributed by atoms with Crippen LogP contribution in [0.4, 0.5) is 11.4 Å². The summed E-state index contributed by atoms with van der Waals surface area (Å²) in [5.41, 5.74) is -0.0625. The molecule has 0 fully saturated rings. The Labute approximate surface area is 409 Å². The van der Waals surface area contributed by atoms with Crippen LogP contribution in [0.15, 0.2) is 0 Å². The van der Waals surface area contributed by atoms with Crippen molar-refractivity contribution in [2.24, 2.45) is 0 Å². The summed E-state index contributed by atoms with van der Waals surface area (Å²) >= 11 is 10.9. The molecule has 0 aliphatic carbocycles. The first kappa shape index (κ1) is 52.5. The van der Waals surface area contributed by atoms with E-state index in [-0.39, 0.29) is 94.4 Å². The molecule has 6 amide bonds. The molecule has 0 bridgehead atoms. The fourth-order valence-electron chi connectivity index (χ4n) is 4.99. The summed E-state index contributed by atoms with van der Waals surface area (Å²) < 4.78 is 1.10. The van der Waals surface area contributed by atoms with E-state index in [1.807, 2.05) is 136 Å². The van der Waals surface area contributed by atoms with E-state index in [1.54, 1.807) is 0 Å². The highest BCUT2D eigenvalue weighted by molar-refractivity contribution is 14.1. The van der Waals surface area contributed by atoms with E-state index in [4.69, 9.17) is 0 Å². The van der Waals surface area contributed by atoms with Gasteiger partial charge < -0.3 is 61.7 Å². The molecule has 2 unspecified atom stereocenters. The molecule has 57 heavy (non-hydrogen) atoms. The normalized spacial score (nSPS) is 12.0. The molecular formula is C33H40I6N6O12. The van der Waals surface area contributed by atoms with Crippen LogP contribution in [0.2, 0.25) is 0 Å². The summed E-state index contributed by atoms with van der Waals surface area (Å²) in [5.74, 6) is -4.52. The van der Waals surface area contributed by atoms with E-state index < -0.39 is 80.4 Å². The van der Waals surface area contributed by atoms with Crippen molar-refractivity contribution in [3.63, 3.8) is 0 Å². The fraction of sp³-hybridized carbons (Fsp3) is 0.455. The van der Waals surface area contributed by atoms with Gasteiger partial charge in [0.2, 0.25) is 11.8 Å². The van der Waals surface area contributed by atoms with Crippen molar-refractivity contribution in [1.29, 1.82) is 0 Å². The van der Waals surface area contributed by atoms with Gasteiger partial charge in [-0.25, -0.2) is 0 Å². The molecule has 0 aromatic heterocycles. The Morgan fingerprint density at radius 3 is 1.02 bits per heavy atom. The topological polar surface area (TPSA) is 278 Å². The molecule has 2 rings (SSSR count). The Morgan fingerprint density at radius 1 is 0.491 bits per heavy atom. The molecule has 0 saturated carbocycles. The van der Waals surface area contributed by atoms with Crippen molar-refractivity contribution >= 4 is 182 Å². The van der Waals surface area contributed by atoms with E-state index in [1.165, 1.54) is 13.8 Å². The number of aliphatic hydroxyl groups is 6. The summed E-state index contributed by atoms with van der Waals surface area (Å²) in [6, 6.07) is 0. The lowest BCUT2D eigenvalue weighted by Crippen LogP contribution is -2.43. The van der Waals surface area contributed by atoms with Gasteiger partial charge in [0, 0.05) is 46.4 Å². The Bertz CT molecular complexity index is 1720. The smallest absolute Gasteiger partial charge is 0.253 e. The van der Waals surface area contributed by atoms with Crippen LogP contribution in [-0.4, -0.2) is 144 Å². The molecule has 24 heteroatoms. The summed E-state index contributed by atoms with van der Waals surface area (Å²) in [7, 11) is 0. The van der Waals surface area contributed by atoms with Crippen molar-refractivity contribution < 1.29 is 59.4 Å². The van der Waals surface area contributed by atoms with Crippen LogP contribution in [0, 0.1) is 21.4 Å². The van der Waals surface area contributed by atoms with Gasteiger partial charge in [0.25, 0.3) is 23.6 Å². The molecule has 316 valence electrons. The Kier molecular flexibility index (Phi) is 23.4. The van der Waals surface area contributed by atoms with E-state index in [2.05, 4.69) is 21.3 Å². The predicted molar refractivity (Wildman–Crippen MR) is 260 cm³/mol. The third kappa shape index (κ3) is 13.7. The summed E-state index contributed by atoms with van der Waals surface area (Å²) in [5, 5.41) is 68.9. The van der Waals surface area contributed by atoms with Gasteiger partial charge >= 0.3 is 0 Å². The first-order valence-corrected chi connectivity index (χ1v) is 23.2. The number of anilines is 2. The molecule has 2 aromatic rings. The number of halogens is 6. The molecule has 18 nitrogen and oxygen atoms in total. The number of benzene rings is 2. The number of nitrogens with one attached hydrogen (secondary N) is 4. The van der Waals surface area contributed by atoms with Crippen LogP contribution in [0.5, 0.6) is 0 Å². The van der Waals surface area contributed by atoms with Gasteiger partial charge in [-0.3, -0.25) is 28.8 Å². The number of hydrogen-bond acceptors (Lipinski definition) is 12. The van der Waals surface area contributed by atoms with Crippen molar-refractivity contribution in [3.8, 4) is 0 Å². The zero-order chi connectivity index (χ0) is 43.3. The molecule has 0 radical (unpaired) electrons. The second-order valence-electron chi connectivity index (χ2n) is 11.9. The first-order chi connectivity index (χ1) is 26.8. The van der Waals surface area contributed by atoms with Gasteiger partial charge in [0.05, 0.1) is 86.5 Å². The summed E-state index contributed by atoms with van der Waals surface area (Å²) in [6.07, 6.45) is -2.73. The van der Waals surface area contributed by atoms with Crippen molar-refractivity contribution in [2.75, 3.05) is 75.5 Å². The van der Waals surface area contributed by atoms with Crippen LogP contribution in [0.3, 0.4) is 0 Å². The lowest BCUT2D eigenvalue weighted by Gasteiger charge is -2.30. The number of hydrogen-bond donors (Lipinski definition) is 10. The second kappa shape index (κ2) is 25.4. The number of carbonyl (C=O) groups is 6. The highest BCUT2D eigenvalue weighted by Gasteiger charge is 2.36. The van der Waals surface area contributed by atoms with Gasteiger partial charge in [0.1, 0.15) is 6.42 Å². The monoisotopic (exact) mass is 1470 g/mol. The van der Waals surface area contributed by atoms with E-state index in [0.717, 1.165) is 9.80 Å². The first-order valence-electron chi connectivity index (χ1n) is 16.8. The number of carbonyl (C=O) groups excluding carboxylic acids is 6. The highest BCUT2D eigenvalue weighted by atomic mass is 127. The fourth-order valence-corrected chi connectivity index (χ4v) is 14.4. The average Bonchev–Trinajstić information content (AvgIpc) is 3.13. The van der Waals surface area contributed by atoms with Crippen LogP contribution in [0.25, 0.3) is 0 Å². The molecule has 0 heterocycles. The molecule has 0 aliphatic rings. The quantitative estimate of drug-likeness (QED) is 0.0649. The van der Waals surface area contributed by atoms with E-state index in [9.17, 15) is 59.4 Å². The van der Waals surface area contributed by atoms with Gasteiger partial charge in [0.15, 0.2) is 0 Å². The van der Waals surface area contributed by atoms with Gasteiger partial charge in [-0.1, -0.05) is 0 Å². The largest absolute Gasteiger partial charge is 0.395 e. The minimum absolute atomic E-state index is 0.0202. The maximum atomic E-state index is 14.3. The zero-order valence-corrected chi connectivity index (χ0v) is 43.2. The third-order valence-electron chi connectivity index (χ3n) is 7.50. The van der Waals surface area contributed by atoms with Crippen LogP contribution in [-0.2, 0) is 9.59 Å². The summed E-state index contributed by atoms with van der Waals surface area (Å²) in [6.45, 7) is -0.419. The standard InChI is InChI=1S/C33H40I6N6O12/c1-14(50)12-42-32(56)20-22(34)18(30(54)40-3-7-46)24(36)28(26(20)38)44(5-9-48)16(52)11-17(53)45(6-10-49)29-25(37)19(31(55)41-4-8-47)23(35)21(27(29)39)33(57)43-13-15(2)51/h14-15,46-51H,3-13H2,1-2H3,(H,40,54)(H,41,55)(H,42,56)(H,43,57). The maximum Gasteiger partial charge on any atom is 0.253 e. The average molecular weight is 1470 g/mol. The maximum absolute atomic E-state index is 14.3. The molecule has 0 aliphatic heterocycles. The molecule has 2 atom stereocenters. The molecular weight excluding hydrogens is 1430 g/mol. The molecule has 0 spiro atoms. The Balaban J connectivity index is 2.86. The second-order valence-corrected chi connectivity index (χ2v) is 18.3. The minimum Gasteiger partial charge on any atom is -0.395 e. The SMILES string of the molecule is CC(O)CNC(=O)c1c(I)c(C(=O)NCCO)c(I)c(N(CCO)C(=O)CC(=O)N(CCO)c2c(I)c(C(=O)NCCO)c(I)c(C(=O)NCC(C)O)c2I)c1I. The number of nitrogens with zero attached hydrogens (tertiary/aromatic N) is 2. The van der Waals surface area contributed by atoms with Gasteiger partial charge in [-0.2, -0.15) is 0 Å². The van der Waals surface area contributed by atoms with Crippen LogP contribution < -0.4 is 31.1 Å². The molecule has 0 saturated heterocycles. The molecule has 2 aromatic carbocycles. The third-order valence-corrected chi connectivity index (χ3v) is 13.9. The van der Waals surface area contributed by atoms with Crippen molar-refractivity contribution in [1.82, 2.24) is 21.3 Å². The number of rotatable bonds is 20.